The largest absolute Gasteiger partial charge is 0.396 e. The lowest BCUT2D eigenvalue weighted by Crippen LogP contribution is -2.42. The summed E-state index contributed by atoms with van der Waals surface area (Å²) in [6, 6.07) is -0.461. The second kappa shape index (κ2) is 8.55. The van der Waals surface area contributed by atoms with E-state index in [9.17, 15) is 9.59 Å². The fourth-order valence-corrected chi connectivity index (χ4v) is 1.68. The molecule has 3 N–H and O–H groups in total. The number of hydrogen-bond acceptors (Lipinski definition) is 4. The lowest BCUT2D eigenvalue weighted by atomic mass is 10.4. The molecule has 0 spiro atoms. The van der Waals surface area contributed by atoms with Crippen LogP contribution in [-0.4, -0.2) is 41.2 Å². The molecule has 0 aromatic heterocycles. The van der Waals surface area contributed by atoms with E-state index in [0.717, 1.165) is 0 Å². The highest BCUT2D eigenvalue weighted by Crippen LogP contribution is 2.11. The number of carbonyl (C=O) groups is 2. The summed E-state index contributed by atoms with van der Waals surface area (Å²) in [6.45, 7) is 4.13. The van der Waals surface area contributed by atoms with Gasteiger partial charge in [0, 0.05) is 13.2 Å². The second-order valence-electron chi connectivity index (χ2n) is 2.94. The molecule has 0 aliphatic carbocycles. The number of aliphatic hydroxyl groups excluding tert-OH is 1. The summed E-state index contributed by atoms with van der Waals surface area (Å²) in [6.07, 6.45) is 0.656. The fourth-order valence-electron chi connectivity index (χ4n) is 0.819. The predicted molar refractivity (Wildman–Crippen MR) is 60.8 cm³/mol. The van der Waals surface area contributed by atoms with Gasteiger partial charge < -0.3 is 10.4 Å². The maximum absolute atomic E-state index is 11.4. The first-order valence-corrected chi connectivity index (χ1v) is 5.97. The molecule has 0 aromatic rings. The average molecular weight is 234 g/mol. The monoisotopic (exact) mass is 234 g/mol. The third-order valence-corrected chi connectivity index (χ3v) is 2.85. The molecule has 1 unspecified atom stereocenters. The minimum Gasteiger partial charge on any atom is -0.396 e. The summed E-state index contributed by atoms with van der Waals surface area (Å²) in [5, 5.41) is 13.0. The Morgan fingerprint density at radius 1 is 1.47 bits per heavy atom. The molecule has 3 amide bonds. The van der Waals surface area contributed by atoms with E-state index in [2.05, 4.69) is 10.6 Å². The first-order valence-electron chi connectivity index (χ1n) is 4.93. The standard InChI is InChI=1S/C9H18N2O3S/c1-3-10-9(14)11-8(13)7(2)15-6-4-5-12/h7,12H,3-6H2,1-2H3,(H2,10,11,13,14). The highest BCUT2D eigenvalue weighted by molar-refractivity contribution is 8.00. The molecule has 0 heterocycles. The van der Waals surface area contributed by atoms with Crippen LogP contribution < -0.4 is 10.6 Å². The molecule has 0 saturated carbocycles. The van der Waals surface area contributed by atoms with E-state index < -0.39 is 6.03 Å². The van der Waals surface area contributed by atoms with E-state index in [-0.39, 0.29) is 17.8 Å². The predicted octanol–water partition coefficient (Wildman–Crippen LogP) is 0.336. The Hall–Kier alpha value is -0.750. The van der Waals surface area contributed by atoms with Gasteiger partial charge in [0.25, 0.3) is 0 Å². The molecule has 0 fully saturated rings. The highest BCUT2D eigenvalue weighted by Gasteiger charge is 2.15. The van der Waals surface area contributed by atoms with Crippen LogP contribution in [0.5, 0.6) is 0 Å². The average Bonchev–Trinajstić information content (AvgIpc) is 2.18. The number of carbonyl (C=O) groups excluding carboxylic acids is 2. The van der Waals surface area contributed by atoms with Crippen LogP contribution in [0.1, 0.15) is 20.3 Å². The molecule has 6 heteroatoms. The Bertz CT molecular complexity index is 212. The quantitative estimate of drug-likeness (QED) is 0.579. The lowest BCUT2D eigenvalue weighted by molar-refractivity contribution is -0.119. The van der Waals surface area contributed by atoms with Crippen molar-refractivity contribution < 1.29 is 14.7 Å². The van der Waals surface area contributed by atoms with Gasteiger partial charge in [0.2, 0.25) is 5.91 Å². The summed E-state index contributed by atoms with van der Waals surface area (Å²) in [7, 11) is 0. The van der Waals surface area contributed by atoms with Gasteiger partial charge in [0.1, 0.15) is 0 Å². The maximum atomic E-state index is 11.4. The van der Waals surface area contributed by atoms with Gasteiger partial charge in [-0.05, 0) is 26.0 Å². The molecule has 0 radical (unpaired) electrons. The molecular formula is C9H18N2O3S. The number of aliphatic hydroxyl groups is 1. The van der Waals surface area contributed by atoms with Gasteiger partial charge in [0.15, 0.2) is 0 Å². The Balaban J connectivity index is 3.73. The lowest BCUT2D eigenvalue weighted by Gasteiger charge is -2.10. The Labute approximate surface area is 94.0 Å². The number of amides is 3. The van der Waals surface area contributed by atoms with Crippen molar-refractivity contribution in [1.29, 1.82) is 0 Å². The molecule has 0 bridgehead atoms. The van der Waals surface area contributed by atoms with Crippen molar-refractivity contribution in [2.24, 2.45) is 0 Å². The van der Waals surface area contributed by atoms with Crippen molar-refractivity contribution in [2.45, 2.75) is 25.5 Å². The Morgan fingerprint density at radius 2 is 2.13 bits per heavy atom. The molecule has 0 aliphatic rings. The third-order valence-electron chi connectivity index (χ3n) is 1.61. The molecule has 0 aromatic carbocycles. The number of nitrogens with one attached hydrogen (secondary N) is 2. The minimum absolute atomic E-state index is 0.123. The van der Waals surface area contributed by atoms with Crippen LogP contribution in [0.2, 0.25) is 0 Å². The maximum Gasteiger partial charge on any atom is 0.321 e. The van der Waals surface area contributed by atoms with E-state index in [1.807, 2.05) is 0 Å². The highest BCUT2D eigenvalue weighted by atomic mass is 32.2. The SMILES string of the molecule is CCNC(=O)NC(=O)C(C)SCCCO. The van der Waals surface area contributed by atoms with Crippen LogP contribution in [0.3, 0.4) is 0 Å². The van der Waals surface area contributed by atoms with Crippen LogP contribution in [0.4, 0.5) is 4.79 Å². The van der Waals surface area contributed by atoms with Gasteiger partial charge in [-0.2, -0.15) is 0 Å². The van der Waals surface area contributed by atoms with E-state index in [0.29, 0.717) is 18.7 Å². The Morgan fingerprint density at radius 3 is 2.67 bits per heavy atom. The molecule has 0 rings (SSSR count). The number of urea groups is 1. The van der Waals surface area contributed by atoms with E-state index in [1.165, 1.54) is 11.8 Å². The number of imide groups is 1. The normalized spacial score (nSPS) is 11.9. The van der Waals surface area contributed by atoms with Crippen molar-refractivity contribution >= 4 is 23.7 Å². The molecule has 5 nitrogen and oxygen atoms in total. The van der Waals surface area contributed by atoms with Crippen LogP contribution in [0.25, 0.3) is 0 Å². The third kappa shape index (κ3) is 7.21. The van der Waals surface area contributed by atoms with Crippen molar-refractivity contribution in [2.75, 3.05) is 18.9 Å². The molecule has 1 atom stereocenters. The molecule has 15 heavy (non-hydrogen) atoms. The van der Waals surface area contributed by atoms with Gasteiger partial charge in [-0.3, -0.25) is 10.1 Å². The summed E-state index contributed by atoms with van der Waals surface area (Å²) in [5.41, 5.74) is 0. The van der Waals surface area contributed by atoms with Crippen LogP contribution in [-0.2, 0) is 4.79 Å². The van der Waals surface area contributed by atoms with E-state index in [4.69, 9.17) is 5.11 Å². The molecule has 0 aliphatic heterocycles. The number of hydrogen-bond donors (Lipinski definition) is 3. The van der Waals surface area contributed by atoms with Crippen LogP contribution in [0, 0.1) is 0 Å². The van der Waals surface area contributed by atoms with Gasteiger partial charge in [-0.1, -0.05) is 0 Å². The van der Waals surface area contributed by atoms with Crippen molar-refractivity contribution in [3.05, 3.63) is 0 Å². The summed E-state index contributed by atoms with van der Waals surface area (Å²) >= 11 is 1.42. The van der Waals surface area contributed by atoms with Crippen molar-refractivity contribution in [1.82, 2.24) is 10.6 Å². The number of thioether (sulfide) groups is 1. The molecular weight excluding hydrogens is 216 g/mol. The van der Waals surface area contributed by atoms with Gasteiger partial charge in [0.05, 0.1) is 5.25 Å². The molecule has 0 saturated heterocycles. The second-order valence-corrected chi connectivity index (χ2v) is 4.39. The number of rotatable bonds is 6. The fraction of sp³-hybridized carbons (Fsp3) is 0.778. The van der Waals surface area contributed by atoms with E-state index >= 15 is 0 Å². The topological polar surface area (TPSA) is 78.4 Å². The zero-order valence-corrected chi connectivity index (χ0v) is 9.89. The van der Waals surface area contributed by atoms with Gasteiger partial charge in [-0.15, -0.1) is 11.8 Å². The zero-order chi connectivity index (χ0) is 11.7. The van der Waals surface area contributed by atoms with Gasteiger partial charge >= 0.3 is 6.03 Å². The summed E-state index contributed by atoms with van der Waals surface area (Å²) in [4.78, 5) is 22.4. The zero-order valence-electron chi connectivity index (χ0n) is 9.08. The summed E-state index contributed by atoms with van der Waals surface area (Å²) in [5.74, 6) is 0.407. The first kappa shape index (κ1) is 14.2. The van der Waals surface area contributed by atoms with Crippen molar-refractivity contribution in [3.8, 4) is 0 Å². The first-order chi connectivity index (χ1) is 7.11. The summed E-state index contributed by atoms with van der Waals surface area (Å²) < 4.78 is 0. The molecule has 88 valence electrons. The Kier molecular flexibility index (Phi) is 8.12. The van der Waals surface area contributed by atoms with Crippen molar-refractivity contribution in [3.63, 3.8) is 0 Å². The van der Waals surface area contributed by atoms with Crippen LogP contribution in [0.15, 0.2) is 0 Å². The smallest absolute Gasteiger partial charge is 0.321 e. The minimum atomic E-state index is -0.461. The van der Waals surface area contributed by atoms with Crippen LogP contribution >= 0.6 is 11.8 Å². The van der Waals surface area contributed by atoms with E-state index in [1.54, 1.807) is 13.8 Å². The van der Waals surface area contributed by atoms with Gasteiger partial charge in [-0.25, -0.2) is 4.79 Å².